The van der Waals surface area contributed by atoms with Gasteiger partial charge in [-0.3, -0.25) is 4.79 Å². The van der Waals surface area contributed by atoms with E-state index in [9.17, 15) is 4.79 Å². The highest BCUT2D eigenvalue weighted by Crippen LogP contribution is 2.41. The maximum absolute atomic E-state index is 12.6. The number of hydrogen-bond acceptors (Lipinski definition) is 3. The molecule has 3 aromatic rings. The summed E-state index contributed by atoms with van der Waals surface area (Å²) in [7, 11) is 0. The van der Waals surface area contributed by atoms with E-state index in [2.05, 4.69) is 36.3 Å². The number of hydrogen-bond donors (Lipinski definition) is 0. The Labute approximate surface area is 151 Å². The van der Waals surface area contributed by atoms with Crippen molar-refractivity contribution in [3.05, 3.63) is 81.5 Å². The van der Waals surface area contributed by atoms with E-state index in [0.717, 1.165) is 38.0 Å². The summed E-state index contributed by atoms with van der Waals surface area (Å²) in [5, 5.41) is 4.68. The second kappa shape index (κ2) is 6.05. The predicted octanol–water partition coefficient (Wildman–Crippen LogP) is 5.13. The second-order valence-corrected chi connectivity index (χ2v) is 7.35. The fraction of sp³-hybridized carbons (Fsp3) is 0.143. The number of allylic oxidation sites excluding steroid dienone is 1. The van der Waals surface area contributed by atoms with Crippen LogP contribution < -0.4 is 0 Å². The third kappa shape index (κ3) is 2.72. The predicted molar refractivity (Wildman–Crippen MR) is 102 cm³/mol. The zero-order valence-corrected chi connectivity index (χ0v) is 15.2. The molecule has 25 heavy (non-hydrogen) atoms. The van der Waals surface area contributed by atoms with Gasteiger partial charge in [0.05, 0.1) is 16.3 Å². The molecular formula is C21H18N2OS. The maximum atomic E-state index is 12.6. The molecule has 2 heterocycles. The van der Waals surface area contributed by atoms with E-state index < -0.39 is 0 Å². The lowest BCUT2D eigenvalue weighted by molar-refractivity contribution is 0.104. The number of benzene rings is 2. The van der Waals surface area contributed by atoms with Crippen molar-refractivity contribution in [3.8, 4) is 5.69 Å². The molecule has 0 amide bonds. The van der Waals surface area contributed by atoms with Crippen LogP contribution in [0.15, 0.2) is 58.3 Å². The van der Waals surface area contributed by atoms with Crippen LogP contribution >= 0.6 is 11.8 Å². The topological polar surface area (TPSA) is 34.9 Å². The summed E-state index contributed by atoms with van der Waals surface area (Å²) in [6, 6.07) is 16.1. The highest BCUT2D eigenvalue weighted by atomic mass is 32.2. The van der Waals surface area contributed by atoms with Gasteiger partial charge in [0.15, 0.2) is 0 Å². The molecule has 1 aromatic heterocycles. The van der Waals surface area contributed by atoms with Gasteiger partial charge in [-0.25, -0.2) is 4.68 Å². The smallest absolute Gasteiger partial charge is 0.200 e. The standard InChI is InChI=1S/C21H18N2OS/c1-13-8-10-16(11-9-13)23-15(3)18(14(2)22-23)12-20-21(24)17-6-4-5-7-19(17)25-20/h4-12H,1-3H3/b20-12-. The summed E-state index contributed by atoms with van der Waals surface area (Å²) in [5.74, 6) is 0.0995. The molecule has 0 radical (unpaired) electrons. The zero-order chi connectivity index (χ0) is 17.6. The lowest BCUT2D eigenvalue weighted by Crippen LogP contribution is -1.99. The second-order valence-electron chi connectivity index (χ2n) is 6.27. The van der Waals surface area contributed by atoms with Crippen molar-refractivity contribution in [2.24, 2.45) is 0 Å². The number of fused-ring (bicyclic) bond motifs is 1. The Balaban J connectivity index is 1.75. The summed E-state index contributed by atoms with van der Waals surface area (Å²) in [6.45, 7) is 6.10. The van der Waals surface area contributed by atoms with Crippen LogP contribution in [0.4, 0.5) is 0 Å². The van der Waals surface area contributed by atoms with E-state index in [1.165, 1.54) is 17.3 Å². The maximum Gasteiger partial charge on any atom is 0.200 e. The molecule has 0 aliphatic carbocycles. The fourth-order valence-corrected chi connectivity index (χ4v) is 4.10. The first kappa shape index (κ1) is 15.9. The molecule has 1 aliphatic heterocycles. The number of Topliss-reactive ketones (excluding diaryl/α,β-unsaturated/α-hetero) is 1. The van der Waals surface area contributed by atoms with Gasteiger partial charge < -0.3 is 0 Å². The lowest BCUT2D eigenvalue weighted by Gasteiger charge is -2.05. The third-order valence-corrected chi connectivity index (χ3v) is 5.58. The number of rotatable bonds is 2. The van der Waals surface area contributed by atoms with Crippen LogP contribution in [0.5, 0.6) is 0 Å². The van der Waals surface area contributed by atoms with Gasteiger partial charge in [-0.15, -0.1) is 0 Å². The normalized spacial score (nSPS) is 15.0. The molecule has 124 valence electrons. The molecule has 4 heteroatoms. The van der Waals surface area contributed by atoms with Crippen molar-refractivity contribution in [1.29, 1.82) is 0 Å². The van der Waals surface area contributed by atoms with Crippen LogP contribution in [-0.2, 0) is 0 Å². The molecule has 0 atom stereocenters. The van der Waals surface area contributed by atoms with Crippen LogP contribution in [0.2, 0.25) is 0 Å². The van der Waals surface area contributed by atoms with Crippen molar-refractivity contribution < 1.29 is 4.79 Å². The van der Waals surface area contributed by atoms with Gasteiger partial charge in [-0.1, -0.05) is 41.6 Å². The minimum absolute atomic E-state index is 0.0995. The Morgan fingerprint density at radius 2 is 1.72 bits per heavy atom. The monoisotopic (exact) mass is 346 g/mol. The highest BCUT2D eigenvalue weighted by molar-refractivity contribution is 8.04. The van der Waals surface area contributed by atoms with Gasteiger partial charge in [0.1, 0.15) is 0 Å². The number of nitrogens with zero attached hydrogens (tertiary/aromatic N) is 2. The van der Waals surface area contributed by atoms with Crippen molar-refractivity contribution in [2.45, 2.75) is 25.7 Å². The van der Waals surface area contributed by atoms with Gasteiger partial charge in [-0.2, -0.15) is 5.10 Å². The first-order chi connectivity index (χ1) is 12.0. The van der Waals surface area contributed by atoms with E-state index in [1.807, 2.05) is 48.9 Å². The zero-order valence-electron chi connectivity index (χ0n) is 14.4. The average molecular weight is 346 g/mol. The van der Waals surface area contributed by atoms with Gasteiger partial charge in [-0.05, 0) is 51.1 Å². The van der Waals surface area contributed by atoms with Crippen molar-refractivity contribution >= 4 is 23.6 Å². The summed E-state index contributed by atoms with van der Waals surface area (Å²) in [6.07, 6.45) is 1.98. The van der Waals surface area contributed by atoms with Crippen LogP contribution in [0, 0.1) is 20.8 Å². The number of ketones is 1. The van der Waals surface area contributed by atoms with Gasteiger partial charge >= 0.3 is 0 Å². The number of carbonyl (C=O) groups excluding carboxylic acids is 1. The molecule has 0 saturated heterocycles. The Hall–Kier alpha value is -2.59. The Morgan fingerprint density at radius 3 is 2.44 bits per heavy atom. The van der Waals surface area contributed by atoms with Crippen LogP contribution in [-0.4, -0.2) is 15.6 Å². The molecule has 1 aliphatic rings. The minimum atomic E-state index is 0.0995. The van der Waals surface area contributed by atoms with Gasteiger partial charge in [0.25, 0.3) is 0 Å². The van der Waals surface area contributed by atoms with Crippen LogP contribution in [0.1, 0.15) is 32.9 Å². The molecule has 0 spiro atoms. The first-order valence-electron chi connectivity index (χ1n) is 8.21. The molecule has 0 bridgehead atoms. The molecule has 3 nitrogen and oxygen atoms in total. The van der Waals surface area contributed by atoms with Crippen LogP contribution in [0.3, 0.4) is 0 Å². The van der Waals surface area contributed by atoms with Crippen molar-refractivity contribution in [3.63, 3.8) is 0 Å². The fourth-order valence-electron chi connectivity index (χ4n) is 3.07. The summed E-state index contributed by atoms with van der Waals surface area (Å²) < 4.78 is 1.94. The SMILES string of the molecule is Cc1ccc(-n2nc(C)c(/C=C3\Sc4ccccc4C3=O)c2C)cc1. The largest absolute Gasteiger partial charge is 0.288 e. The Bertz CT molecular complexity index is 1010. The van der Waals surface area contributed by atoms with E-state index >= 15 is 0 Å². The number of aromatic nitrogens is 2. The number of aryl methyl sites for hydroxylation is 2. The van der Waals surface area contributed by atoms with Gasteiger partial charge in [0.2, 0.25) is 5.78 Å². The average Bonchev–Trinajstić information content (AvgIpc) is 3.08. The first-order valence-corrected chi connectivity index (χ1v) is 9.03. The lowest BCUT2D eigenvalue weighted by atomic mass is 10.1. The van der Waals surface area contributed by atoms with E-state index in [1.54, 1.807) is 0 Å². The van der Waals surface area contributed by atoms with E-state index in [-0.39, 0.29) is 5.78 Å². The quantitative estimate of drug-likeness (QED) is 0.604. The van der Waals surface area contributed by atoms with E-state index in [4.69, 9.17) is 0 Å². The highest BCUT2D eigenvalue weighted by Gasteiger charge is 2.26. The molecule has 4 rings (SSSR count). The van der Waals surface area contributed by atoms with E-state index in [0.29, 0.717) is 0 Å². The Kier molecular flexibility index (Phi) is 3.85. The number of carbonyl (C=O) groups is 1. The Morgan fingerprint density at radius 1 is 1.00 bits per heavy atom. The van der Waals surface area contributed by atoms with Crippen molar-refractivity contribution in [2.75, 3.05) is 0 Å². The summed E-state index contributed by atoms with van der Waals surface area (Å²) in [4.78, 5) is 14.4. The third-order valence-electron chi connectivity index (χ3n) is 4.48. The molecule has 2 aromatic carbocycles. The molecule has 0 fully saturated rings. The molecular weight excluding hydrogens is 328 g/mol. The minimum Gasteiger partial charge on any atom is -0.288 e. The summed E-state index contributed by atoms with van der Waals surface area (Å²) >= 11 is 1.54. The molecule has 0 unspecified atom stereocenters. The molecule has 0 saturated carbocycles. The van der Waals surface area contributed by atoms with Crippen LogP contribution in [0.25, 0.3) is 11.8 Å². The summed E-state index contributed by atoms with van der Waals surface area (Å²) in [5.41, 5.74) is 6.03. The van der Waals surface area contributed by atoms with Crippen molar-refractivity contribution in [1.82, 2.24) is 9.78 Å². The molecule has 0 N–H and O–H groups in total. The number of thioether (sulfide) groups is 1. The van der Waals surface area contributed by atoms with Gasteiger partial charge in [0, 0.05) is 21.7 Å².